The van der Waals surface area contributed by atoms with E-state index in [1.807, 2.05) is 32.0 Å². The van der Waals surface area contributed by atoms with Crippen molar-refractivity contribution in [3.8, 4) is 5.75 Å². The van der Waals surface area contributed by atoms with E-state index in [4.69, 9.17) is 4.74 Å². The molecule has 1 N–H and O–H groups in total. The highest BCUT2D eigenvalue weighted by atomic mass is 79.9. The molecule has 0 aromatic heterocycles. The van der Waals surface area contributed by atoms with Gasteiger partial charge in [-0.15, -0.1) is 0 Å². The Balaban J connectivity index is 2.04. The predicted molar refractivity (Wildman–Crippen MR) is 88.6 cm³/mol. The number of halogens is 2. The molecule has 5 heteroatoms. The van der Waals surface area contributed by atoms with Gasteiger partial charge >= 0.3 is 0 Å². The molecule has 2 aromatic rings. The molecule has 2 aromatic carbocycles. The van der Waals surface area contributed by atoms with Crippen LogP contribution >= 0.6 is 15.9 Å². The first-order valence-electron chi connectivity index (χ1n) is 6.99. The minimum Gasteiger partial charge on any atom is -0.481 e. The van der Waals surface area contributed by atoms with Crippen molar-refractivity contribution >= 4 is 27.5 Å². The Kier molecular flexibility index (Phi) is 5.55. The van der Waals surface area contributed by atoms with Crippen molar-refractivity contribution in [2.45, 2.75) is 26.4 Å². The van der Waals surface area contributed by atoms with Crippen LogP contribution in [0.2, 0.25) is 0 Å². The highest BCUT2D eigenvalue weighted by Crippen LogP contribution is 2.21. The third-order valence-corrected chi connectivity index (χ3v) is 4.07. The Bertz CT molecular complexity index is 658. The molecule has 3 nitrogen and oxygen atoms in total. The van der Waals surface area contributed by atoms with Crippen LogP contribution < -0.4 is 10.1 Å². The topological polar surface area (TPSA) is 38.3 Å². The molecular formula is C17H17BrFNO2. The molecule has 0 heterocycles. The summed E-state index contributed by atoms with van der Waals surface area (Å²) in [4.78, 5) is 12.3. The van der Waals surface area contributed by atoms with Crippen LogP contribution in [-0.2, 0) is 4.79 Å². The Morgan fingerprint density at radius 1 is 1.27 bits per heavy atom. The number of nitrogens with one attached hydrogen (secondary N) is 1. The van der Waals surface area contributed by atoms with Gasteiger partial charge in [-0.2, -0.15) is 0 Å². The maximum atomic E-state index is 12.9. The van der Waals surface area contributed by atoms with Gasteiger partial charge in [0.25, 0.3) is 5.91 Å². The van der Waals surface area contributed by atoms with Gasteiger partial charge in [-0.05, 0) is 61.4 Å². The van der Waals surface area contributed by atoms with Crippen molar-refractivity contribution in [2.75, 3.05) is 5.32 Å². The summed E-state index contributed by atoms with van der Waals surface area (Å²) in [5.41, 5.74) is 1.75. The zero-order valence-electron chi connectivity index (χ0n) is 12.4. The summed E-state index contributed by atoms with van der Waals surface area (Å²) in [6.07, 6.45) is -0.118. The number of benzene rings is 2. The summed E-state index contributed by atoms with van der Waals surface area (Å²) in [5.74, 6) is -0.0980. The van der Waals surface area contributed by atoms with Gasteiger partial charge in [-0.1, -0.05) is 22.9 Å². The predicted octanol–water partition coefficient (Wildman–Crippen LogP) is 4.69. The van der Waals surface area contributed by atoms with E-state index >= 15 is 0 Å². The fourth-order valence-electron chi connectivity index (χ4n) is 1.94. The summed E-state index contributed by atoms with van der Waals surface area (Å²) in [6, 6.07) is 11.2. The molecule has 116 valence electrons. The molecule has 0 spiro atoms. The lowest BCUT2D eigenvalue weighted by atomic mass is 10.2. The molecule has 0 saturated carbocycles. The van der Waals surface area contributed by atoms with Crippen molar-refractivity contribution < 1.29 is 13.9 Å². The molecule has 1 amide bonds. The third-order valence-electron chi connectivity index (χ3n) is 3.18. The number of hydrogen-bond donors (Lipinski definition) is 1. The van der Waals surface area contributed by atoms with Crippen molar-refractivity contribution in [1.29, 1.82) is 0 Å². The first-order chi connectivity index (χ1) is 10.5. The molecule has 0 fully saturated rings. The van der Waals surface area contributed by atoms with Crippen LogP contribution in [0.5, 0.6) is 5.75 Å². The van der Waals surface area contributed by atoms with Gasteiger partial charge in [-0.25, -0.2) is 4.39 Å². The van der Waals surface area contributed by atoms with Gasteiger partial charge < -0.3 is 10.1 Å². The molecule has 1 atom stereocenters. The summed E-state index contributed by atoms with van der Waals surface area (Å²) >= 11 is 3.42. The zero-order chi connectivity index (χ0) is 16.1. The fourth-order valence-corrected chi connectivity index (χ4v) is 2.19. The Morgan fingerprint density at radius 2 is 1.95 bits per heavy atom. The number of hydrogen-bond acceptors (Lipinski definition) is 2. The fraction of sp³-hybridized carbons (Fsp3) is 0.235. The molecule has 2 rings (SSSR count). The van der Waals surface area contributed by atoms with E-state index in [0.717, 1.165) is 10.0 Å². The van der Waals surface area contributed by atoms with Gasteiger partial charge in [0.2, 0.25) is 0 Å². The lowest BCUT2D eigenvalue weighted by molar-refractivity contribution is -0.122. The number of carbonyl (C=O) groups is 1. The van der Waals surface area contributed by atoms with E-state index in [-0.39, 0.29) is 11.7 Å². The van der Waals surface area contributed by atoms with Crippen LogP contribution in [0.25, 0.3) is 0 Å². The standard InChI is InChI=1S/C17H17BrFNO2/c1-3-16(22-14-7-4-12(19)5-8-14)17(21)20-13-6-9-15(18)11(2)10-13/h4-10,16H,3H2,1-2H3,(H,20,21). The Hall–Kier alpha value is -1.88. The van der Waals surface area contributed by atoms with E-state index in [1.54, 1.807) is 0 Å². The van der Waals surface area contributed by atoms with Crippen LogP contribution in [0.4, 0.5) is 10.1 Å². The maximum absolute atomic E-state index is 12.9. The molecule has 0 aliphatic heterocycles. The lowest BCUT2D eigenvalue weighted by Gasteiger charge is -2.17. The van der Waals surface area contributed by atoms with E-state index in [2.05, 4.69) is 21.2 Å². The first kappa shape index (κ1) is 16.5. The van der Waals surface area contributed by atoms with Gasteiger partial charge in [0.05, 0.1) is 0 Å². The van der Waals surface area contributed by atoms with E-state index in [0.29, 0.717) is 17.9 Å². The summed E-state index contributed by atoms with van der Waals surface area (Å²) in [7, 11) is 0. The van der Waals surface area contributed by atoms with Gasteiger partial charge in [-0.3, -0.25) is 4.79 Å². The van der Waals surface area contributed by atoms with Crippen molar-refractivity contribution in [2.24, 2.45) is 0 Å². The molecule has 0 saturated heterocycles. The normalized spacial score (nSPS) is 11.8. The maximum Gasteiger partial charge on any atom is 0.265 e. The average Bonchev–Trinajstić information content (AvgIpc) is 2.50. The third kappa shape index (κ3) is 4.31. The largest absolute Gasteiger partial charge is 0.481 e. The second-order valence-electron chi connectivity index (χ2n) is 4.92. The number of aryl methyl sites for hydroxylation is 1. The van der Waals surface area contributed by atoms with E-state index < -0.39 is 6.10 Å². The monoisotopic (exact) mass is 365 g/mol. The highest BCUT2D eigenvalue weighted by molar-refractivity contribution is 9.10. The van der Waals surface area contributed by atoms with Crippen LogP contribution in [0, 0.1) is 12.7 Å². The smallest absolute Gasteiger partial charge is 0.265 e. The van der Waals surface area contributed by atoms with Crippen LogP contribution in [0.3, 0.4) is 0 Å². The quantitative estimate of drug-likeness (QED) is 0.834. The molecular weight excluding hydrogens is 349 g/mol. The minimum absolute atomic E-state index is 0.228. The summed E-state index contributed by atoms with van der Waals surface area (Å²) in [5, 5.41) is 2.83. The number of ether oxygens (including phenoxy) is 1. The highest BCUT2D eigenvalue weighted by Gasteiger charge is 2.18. The molecule has 0 aliphatic carbocycles. The van der Waals surface area contributed by atoms with Gasteiger partial charge in [0.1, 0.15) is 11.6 Å². The van der Waals surface area contributed by atoms with Gasteiger partial charge in [0.15, 0.2) is 6.10 Å². The van der Waals surface area contributed by atoms with Crippen molar-refractivity contribution in [1.82, 2.24) is 0 Å². The summed E-state index contributed by atoms with van der Waals surface area (Å²) in [6.45, 7) is 3.81. The van der Waals surface area contributed by atoms with Crippen LogP contribution in [0.1, 0.15) is 18.9 Å². The van der Waals surface area contributed by atoms with Crippen LogP contribution in [0.15, 0.2) is 46.9 Å². The molecule has 22 heavy (non-hydrogen) atoms. The Morgan fingerprint density at radius 3 is 2.55 bits per heavy atom. The summed E-state index contributed by atoms with van der Waals surface area (Å²) < 4.78 is 19.5. The molecule has 0 radical (unpaired) electrons. The molecule has 0 aliphatic rings. The first-order valence-corrected chi connectivity index (χ1v) is 7.78. The number of anilines is 1. The molecule has 1 unspecified atom stereocenters. The van der Waals surface area contributed by atoms with Crippen LogP contribution in [-0.4, -0.2) is 12.0 Å². The van der Waals surface area contributed by atoms with Crippen molar-refractivity contribution in [3.63, 3.8) is 0 Å². The average molecular weight is 366 g/mol. The number of amides is 1. The van der Waals surface area contributed by atoms with Gasteiger partial charge in [0, 0.05) is 10.2 Å². The molecule has 0 bridgehead atoms. The Labute approximate surface area is 137 Å². The van der Waals surface area contributed by atoms with Crippen molar-refractivity contribution in [3.05, 3.63) is 58.3 Å². The van der Waals surface area contributed by atoms with E-state index in [9.17, 15) is 9.18 Å². The second-order valence-corrected chi connectivity index (χ2v) is 5.78. The van der Waals surface area contributed by atoms with E-state index in [1.165, 1.54) is 24.3 Å². The SMILES string of the molecule is CCC(Oc1ccc(F)cc1)C(=O)Nc1ccc(Br)c(C)c1. The second kappa shape index (κ2) is 7.40. The zero-order valence-corrected chi connectivity index (χ0v) is 14.0. The number of rotatable bonds is 5. The minimum atomic E-state index is -0.630. The lowest BCUT2D eigenvalue weighted by Crippen LogP contribution is -2.32. The number of carbonyl (C=O) groups excluding carboxylic acids is 1.